The largest absolute Gasteiger partial charge is 0.314 e. The first-order valence-electron chi connectivity index (χ1n) is 20.7. The van der Waals surface area contributed by atoms with E-state index in [2.05, 4.69) is 204 Å². The minimum absolute atomic E-state index is 0.292. The summed E-state index contributed by atoms with van der Waals surface area (Å²) in [6.45, 7) is 17.8. The van der Waals surface area contributed by atoms with Gasteiger partial charge in [-0.25, -0.2) is 0 Å². The molecule has 0 fully saturated rings. The summed E-state index contributed by atoms with van der Waals surface area (Å²) < 4.78 is 2.77. The Morgan fingerprint density at radius 2 is 1.17 bits per heavy atom. The number of thiophene rings is 1. The van der Waals surface area contributed by atoms with Crippen LogP contribution in [0.4, 0.5) is 22.7 Å². The molecule has 3 aliphatic rings. The number of anilines is 4. The van der Waals surface area contributed by atoms with E-state index in [-0.39, 0.29) is 0 Å². The van der Waals surface area contributed by atoms with Crippen LogP contribution in [0.3, 0.4) is 0 Å². The van der Waals surface area contributed by atoms with E-state index < -0.39 is 0 Å². The molecule has 2 aliphatic carbocycles. The summed E-state index contributed by atoms with van der Waals surface area (Å²) in [5, 5.41) is 5.79. The lowest BCUT2D eigenvalue weighted by Gasteiger charge is -2.32. The number of thioether (sulfide) groups is 1. The molecule has 0 saturated carbocycles. The summed E-state index contributed by atoms with van der Waals surface area (Å²) in [7, 11) is 0. The Morgan fingerprint density at radius 1 is 0.586 bits per heavy atom. The molecule has 288 valence electrons. The molecule has 0 radical (unpaired) electrons. The van der Waals surface area contributed by atoms with Gasteiger partial charge < -0.3 is 9.80 Å². The third kappa shape index (κ3) is 6.42. The van der Waals surface area contributed by atoms with Crippen LogP contribution in [0.25, 0.3) is 30.9 Å². The number of fused-ring (bicyclic) bond motifs is 10. The van der Waals surface area contributed by atoms with Gasteiger partial charge in [0.15, 0.2) is 0 Å². The number of allylic oxidation sites excluding steroid dienone is 6. The Morgan fingerprint density at radius 3 is 1.78 bits per heavy atom. The average Bonchev–Trinajstić information content (AvgIpc) is 3.73. The number of hydrogen-bond acceptors (Lipinski definition) is 4. The van der Waals surface area contributed by atoms with Gasteiger partial charge >= 0.3 is 0 Å². The fraction of sp³-hybridized carbons (Fsp3) is 0.222. The topological polar surface area (TPSA) is 6.48 Å². The summed E-state index contributed by atoms with van der Waals surface area (Å²) in [6.07, 6.45) is 13.2. The van der Waals surface area contributed by atoms with Crippen molar-refractivity contribution in [3.63, 3.8) is 0 Å². The number of benzene rings is 6. The SMILES string of the molecule is CC1=CC(C)CC(N(c2cc(C)cc(C)c2)c2ccc3c(c2)sc2c4c(c5ccccc5c23)C2C=CC(N(c3cc(C)cc(C)c3)c3cc(C)cc(C)c3)=CC2S4)=C1. The molecule has 0 bridgehead atoms. The Labute approximate surface area is 351 Å². The van der Waals surface area contributed by atoms with Crippen molar-refractivity contribution in [3.05, 3.63) is 183 Å². The molecule has 4 heteroatoms. The number of hydrogen-bond donors (Lipinski definition) is 0. The summed E-state index contributed by atoms with van der Waals surface area (Å²) in [5.74, 6) is 0.796. The smallest absolute Gasteiger partial charge is 0.0501 e. The zero-order valence-corrected chi connectivity index (χ0v) is 36.4. The molecule has 0 N–H and O–H groups in total. The van der Waals surface area contributed by atoms with E-state index >= 15 is 0 Å². The van der Waals surface area contributed by atoms with E-state index in [1.54, 1.807) is 0 Å². The van der Waals surface area contributed by atoms with Crippen LogP contribution in [0, 0.1) is 47.5 Å². The van der Waals surface area contributed by atoms with Crippen LogP contribution in [0.2, 0.25) is 0 Å². The fourth-order valence-electron chi connectivity index (χ4n) is 10.1. The highest BCUT2D eigenvalue weighted by Crippen LogP contribution is 2.58. The van der Waals surface area contributed by atoms with Gasteiger partial charge in [0.2, 0.25) is 0 Å². The average molecular weight is 791 g/mol. The normalized spacial score (nSPS) is 18.6. The monoisotopic (exact) mass is 790 g/mol. The molecule has 6 aromatic carbocycles. The van der Waals surface area contributed by atoms with Crippen molar-refractivity contribution in [3.8, 4) is 0 Å². The van der Waals surface area contributed by atoms with Crippen molar-refractivity contribution >= 4 is 76.8 Å². The lowest BCUT2D eigenvalue weighted by Crippen LogP contribution is -2.21. The zero-order chi connectivity index (χ0) is 40.0. The van der Waals surface area contributed by atoms with E-state index in [9.17, 15) is 0 Å². The van der Waals surface area contributed by atoms with Crippen molar-refractivity contribution in [1.29, 1.82) is 0 Å². The van der Waals surface area contributed by atoms with Crippen molar-refractivity contribution < 1.29 is 0 Å². The number of nitrogens with zero attached hydrogens (tertiary/aromatic N) is 2. The molecule has 2 nitrogen and oxygen atoms in total. The predicted molar refractivity (Wildman–Crippen MR) is 254 cm³/mol. The maximum Gasteiger partial charge on any atom is 0.0501 e. The first-order chi connectivity index (χ1) is 28.0. The Hall–Kier alpha value is -5.29. The molecule has 3 atom stereocenters. The summed E-state index contributed by atoms with van der Waals surface area (Å²) in [5.41, 5.74) is 18.0. The second kappa shape index (κ2) is 14.2. The van der Waals surface area contributed by atoms with E-state index in [4.69, 9.17) is 0 Å². The highest BCUT2D eigenvalue weighted by molar-refractivity contribution is 8.00. The van der Waals surface area contributed by atoms with Crippen LogP contribution in [-0.2, 0) is 0 Å². The molecule has 0 saturated heterocycles. The van der Waals surface area contributed by atoms with Gasteiger partial charge in [0.05, 0.1) is 4.70 Å². The van der Waals surface area contributed by atoms with Gasteiger partial charge in [0.25, 0.3) is 0 Å². The van der Waals surface area contributed by atoms with Gasteiger partial charge in [-0.15, -0.1) is 23.1 Å². The number of aryl methyl sites for hydroxylation is 6. The van der Waals surface area contributed by atoms with Crippen LogP contribution >= 0.6 is 23.1 Å². The summed E-state index contributed by atoms with van der Waals surface area (Å²) in [6, 6.07) is 37.2. The second-order valence-corrected chi connectivity index (χ2v) is 19.5. The standard InChI is InChI=1S/C54H50N2S2/c1-31-17-32(2)22-41(21-31)55(42-23-33(3)18-34(4)24-42)39-13-15-47-49(29-39)57-53-51(47)45-11-9-10-12-46(45)52-48-16-14-40(30-50(48)58-54(52)53)56(43-25-35(5)19-36(6)26-43)44-27-37(7)20-38(8)28-44/h9-27,29-30,38,47,49H,28H2,1-8H3. The molecule has 1 aliphatic heterocycles. The van der Waals surface area contributed by atoms with Gasteiger partial charge in [-0.3, -0.25) is 0 Å². The van der Waals surface area contributed by atoms with Crippen LogP contribution in [-0.4, -0.2) is 5.25 Å². The molecular formula is C54H50N2S2. The lowest BCUT2D eigenvalue weighted by molar-refractivity contribution is 0.689. The van der Waals surface area contributed by atoms with Crippen LogP contribution in [0.15, 0.2) is 149 Å². The molecule has 2 heterocycles. The predicted octanol–water partition coefficient (Wildman–Crippen LogP) is 15.9. The highest BCUT2D eigenvalue weighted by atomic mass is 32.2. The minimum Gasteiger partial charge on any atom is -0.314 e. The van der Waals surface area contributed by atoms with Crippen molar-refractivity contribution in [1.82, 2.24) is 0 Å². The van der Waals surface area contributed by atoms with E-state index in [1.165, 1.54) is 115 Å². The molecule has 3 unspecified atom stereocenters. The summed E-state index contributed by atoms with van der Waals surface area (Å²) >= 11 is 4.05. The quantitative estimate of drug-likeness (QED) is 0.166. The Balaban J connectivity index is 1.12. The van der Waals surface area contributed by atoms with Crippen molar-refractivity contribution in [2.24, 2.45) is 5.92 Å². The fourth-order valence-corrected chi connectivity index (χ4v) is 13.0. The third-order valence-corrected chi connectivity index (χ3v) is 14.7. The van der Waals surface area contributed by atoms with Gasteiger partial charge in [-0.1, -0.05) is 73.2 Å². The van der Waals surface area contributed by atoms with Crippen molar-refractivity contribution in [2.75, 3.05) is 9.80 Å². The first kappa shape index (κ1) is 37.0. The van der Waals surface area contributed by atoms with E-state index in [0.29, 0.717) is 17.1 Å². The van der Waals surface area contributed by atoms with E-state index in [1.807, 2.05) is 11.3 Å². The maximum atomic E-state index is 2.55. The van der Waals surface area contributed by atoms with Crippen LogP contribution in [0.5, 0.6) is 0 Å². The van der Waals surface area contributed by atoms with Gasteiger partial charge in [0.1, 0.15) is 0 Å². The lowest BCUT2D eigenvalue weighted by atomic mass is 9.86. The molecule has 10 rings (SSSR count). The molecule has 1 aromatic heterocycles. The molecular weight excluding hydrogens is 741 g/mol. The highest BCUT2D eigenvalue weighted by Gasteiger charge is 2.37. The van der Waals surface area contributed by atoms with Crippen molar-refractivity contribution in [2.45, 2.75) is 77.9 Å². The Kier molecular flexibility index (Phi) is 9.07. The summed E-state index contributed by atoms with van der Waals surface area (Å²) in [4.78, 5) is 6.46. The van der Waals surface area contributed by atoms with E-state index in [0.717, 1.165) is 6.42 Å². The molecule has 0 spiro atoms. The molecule has 58 heavy (non-hydrogen) atoms. The number of rotatable bonds is 6. The maximum absolute atomic E-state index is 2.55. The van der Waals surface area contributed by atoms with Crippen LogP contribution in [0.1, 0.15) is 65.1 Å². The van der Waals surface area contributed by atoms with Crippen LogP contribution < -0.4 is 9.80 Å². The molecule has 7 aromatic rings. The van der Waals surface area contributed by atoms with Gasteiger partial charge in [-0.05, 0) is 177 Å². The Bertz CT molecular complexity index is 2860. The third-order valence-electron chi connectivity index (χ3n) is 12.0. The second-order valence-electron chi connectivity index (χ2n) is 17.3. The van der Waals surface area contributed by atoms with Gasteiger partial charge in [0, 0.05) is 65.7 Å². The minimum atomic E-state index is 0.292. The zero-order valence-electron chi connectivity index (χ0n) is 34.8. The molecule has 0 amide bonds. The first-order valence-corrected chi connectivity index (χ1v) is 22.4. The van der Waals surface area contributed by atoms with Gasteiger partial charge in [-0.2, -0.15) is 0 Å².